The third kappa shape index (κ3) is 9.07. The summed E-state index contributed by atoms with van der Waals surface area (Å²) in [5, 5.41) is -0.649. The quantitative estimate of drug-likeness (QED) is 0.219. The van der Waals surface area contributed by atoms with E-state index in [9.17, 15) is 41.6 Å². The smallest absolute Gasteiger partial charge is 0.410 e. The largest absolute Gasteiger partial charge is 0.460 e. The molecule has 0 radical (unpaired) electrons. The lowest BCUT2D eigenvalue weighted by Gasteiger charge is -2.31. The zero-order valence-corrected chi connectivity index (χ0v) is 31.7. The van der Waals surface area contributed by atoms with Crippen LogP contribution in [0.2, 0.25) is 0 Å². The van der Waals surface area contributed by atoms with Crippen LogP contribution in [0.3, 0.4) is 0 Å². The van der Waals surface area contributed by atoms with Gasteiger partial charge in [0.2, 0.25) is 27.7 Å². The van der Waals surface area contributed by atoms with E-state index in [4.69, 9.17) is 9.47 Å². The number of likely N-dealkylation sites (tertiary alicyclic amines) is 1. The number of rotatable bonds is 14. The molecule has 2 heterocycles. The summed E-state index contributed by atoms with van der Waals surface area (Å²) in [5.41, 5.74) is -1.18. The number of carbonyl (C=O) groups excluding carboxylic acids is 6. The highest BCUT2D eigenvalue weighted by molar-refractivity contribution is 7.90. The molecule has 2 aliphatic heterocycles. The van der Waals surface area contributed by atoms with Gasteiger partial charge in [-0.25, -0.2) is 17.6 Å². The first-order valence-electron chi connectivity index (χ1n) is 18.0. The van der Waals surface area contributed by atoms with Gasteiger partial charge in [-0.3, -0.25) is 33.6 Å². The maximum Gasteiger partial charge on any atom is 0.410 e. The summed E-state index contributed by atoms with van der Waals surface area (Å²) in [7, 11) is -2.46. The van der Waals surface area contributed by atoms with Gasteiger partial charge < -0.3 is 19.3 Å². The van der Waals surface area contributed by atoms with Crippen LogP contribution in [0, 0.1) is 23.1 Å². The zero-order valence-electron chi connectivity index (χ0n) is 30.9. The van der Waals surface area contributed by atoms with E-state index >= 15 is 0 Å². The van der Waals surface area contributed by atoms with Crippen molar-refractivity contribution in [3.05, 3.63) is 47.8 Å². The topological polar surface area (TPSA) is 177 Å². The average molecular weight is 761 g/mol. The number of ether oxygens (including phenoxy) is 2. The Balaban J connectivity index is 1.40. The van der Waals surface area contributed by atoms with Crippen molar-refractivity contribution in [2.45, 2.75) is 109 Å². The monoisotopic (exact) mass is 760 g/mol. The molecular formula is C37H49FN4O10S. The van der Waals surface area contributed by atoms with E-state index in [1.54, 1.807) is 32.9 Å². The predicted octanol–water partition coefficient (Wildman–Crippen LogP) is 3.22. The number of sulfonamides is 1. The molecule has 2 aliphatic carbocycles. The molecule has 4 aliphatic rings. The number of hydrogen-bond acceptors (Lipinski definition) is 10. The lowest BCUT2D eigenvalue weighted by Crippen LogP contribution is -2.48. The number of ketones is 1. The molecule has 2 saturated carbocycles. The average Bonchev–Trinajstić information content (AvgIpc) is 3.97. The van der Waals surface area contributed by atoms with Gasteiger partial charge in [0.25, 0.3) is 0 Å². The molecule has 1 N–H and O–H groups in total. The van der Waals surface area contributed by atoms with Crippen LogP contribution >= 0.6 is 0 Å². The van der Waals surface area contributed by atoms with Gasteiger partial charge in [0.1, 0.15) is 17.5 Å². The van der Waals surface area contributed by atoms with E-state index in [1.807, 2.05) is 6.92 Å². The molecule has 16 heteroatoms. The molecule has 5 atom stereocenters. The first-order chi connectivity index (χ1) is 24.8. The van der Waals surface area contributed by atoms with Crippen molar-refractivity contribution < 1.29 is 51.0 Å². The summed E-state index contributed by atoms with van der Waals surface area (Å²) >= 11 is 0. The Morgan fingerprint density at radius 1 is 1.15 bits per heavy atom. The molecule has 3 fully saturated rings. The van der Waals surface area contributed by atoms with Crippen LogP contribution < -0.4 is 4.72 Å². The molecule has 0 spiro atoms. The highest BCUT2D eigenvalue weighted by atomic mass is 32.2. The molecule has 5 rings (SSSR count). The number of esters is 1. The number of fused-ring (bicyclic) bond motifs is 1. The Hall–Kier alpha value is -4.34. The van der Waals surface area contributed by atoms with Gasteiger partial charge in [-0.15, -0.1) is 0 Å². The summed E-state index contributed by atoms with van der Waals surface area (Å²) in [4.78, 5) is 84.8. The van der Waals surface area contributed by atoms with Gasteiger partial charge in [-0.05, 0) is 63.7 Å². The highest BCUT2D eigenvalue weighted by Gasteiger charge is 2.61. The fourth-order valence-corrected chi connectivity index (χ4v) is 8.78. The summed E-state index contributed by atoms with van der Waals surface area (Å²) in [6, 6.07) is 3.34. The number of nitrogens with zero attached hydrogens (tertiary/aromatic N) is 3. The summed E-state index contributed by atoms with van der Waals surface area (Å²) < 4.78 is 53.3. The lowest BCUT2D eigenvalue weighted by atomic mass is 9.90. The van der Waals surface area contributed by atoms with Crippen molar-refractivity contribution in [3.8, 4) is 0 Å². The number of benzene rings is 1. The molecule has 0 aromatic heterocycles. The fourth-order valence-electron chi connectivity index (χ4n) is 7.40. The number of Topliss-reactive ketones (excluding diaryl/α,β-unsaturated/α-hetero) is 1. The van der Waals surface area contributed by atoms with Crippen LogP contribution in [0.5, 0.6) is 0 Å². The van der Waals surface area contributed by atoms with Gasteiger partial charge in [-0.2, -0.15) is 0 Å². The lowest BCUT2D eigenvalue weighted by molar-refractivity contribution is -0.159. The number of carbonyl (C=O) groups is 6. The second-order valence-electron chi connectivity index (χ2n) is 15.7. The Bertz CT molecular complexity index is 1790. The molecule has 1 aromatic carbocycles. The summed E-state index contributed by atoms with van der Waals surface area (Å²) in [6.07, 6.45) is 0.0339. The van der Waals surface area contributed by atoms with Crippen LogP contribution in [0.25, 0.3) is 0 Å². The van der Waals surface area contributed by atoms with Gasteiger partial charge >= 0.3 is 12.1 Å². The number of amides is 4. The van der Waals surface area contributed by atoms with Gasteiger partial charge in [0, 0.05) is 38.5 Å². The number of hydrogen-bond donors (Lipinski definition) is 1. The Morgan fingerprint density at radius 3 is 2.43 bits per heavy atom. The first-order valence-corrected chi connectivity index (χ1v) is 19.5. The molecular weight excluding hydrogens is 711 g/mol. The van der Waals surface area contributed by atoms with E-state index < -0.39 is 92.2 Å². The van der Waals surface area contributed by atoms with Crippen molar-refractivity contribution in [1.29, 1.82) is 0 Å². The van der Waals surface area contributed by atoms with Crippen LogP contribution in [-0.4, -0.2) is 102 Å². The number of halogens is 1. The first kappa shape index (κ1) is 39.9. The fraction of sp³-hybridized carbons (Fsp3) is 0.622. The SMILES string of the molecule is C=CC(=O)N(C)C[C@H](CC(=O)OC(C)(C)C)C(=O)N1CC(OC(=O)N2Cc3cccc(F)c3C2)C[C@H]1C(=O)C[C@]1(C(=O)NS(=O)(=O)C2CC2)C[C@H]1CC. The molecule has 1 aromatic rings. The molecule has 0 bridgehead atoms. The maximum absolute atomic E-state index is 14.4. The minimum Gasteiger partial charge on any atom is -0.460 e. The molecule has 14 nitrogen and oxygen atoms in total. The number of likely N-dealkylation sites (N-methyl/N-ethyl adjacent to an activating group) is 1. The van der Waals surface area contributed by atoms with Gasteiger partial charge in [0.15, 0.2) is 5.78 Å². The van der Waals surface area contributed by atoms with E-state index in [1.165, 1.54) is 27.8 Å². The van der Waals surface area contributed by atoms with Crippen molar-refractivity contribution in [2.24, 2.45) is 17.3 Å². The second kappa shape index (κ2) is 15.2. The zero-order chi connectivity index (χ0) is 39.0. The van der Waals surface area contributed by atoms with Crippen molar-refractivity contribution in [2.75, 3.05) is 20.1 Å². The summed E-state index contributed by atoms with van der Waals surface area (Å²) in [6.45, 7) is 9.92. The molecule has 1 unspecified atom stereocenters. The Kier molecular flexibility index (Phi) is 11.4. The third-order valence-electron chi connectivity index (χ3n) is 10.5. The standard InChI is InChI=1S/C37H49FN4O10S/c1-7-24-16-37(24,34(47)39-53(49,50)26-12-13-26)17-30(43)29-15-25(51-35(48)41-19-22-10-9-11-28(38)27(22)21-41)20-42(29)33(46)23(18-40(6)31(44)8-2)14-32(45)52-36(3,4)5/h8-11,23-26,29H,2,7,12-21H2,1,3-6H3,(H,39,47)/t23-,24+,25?,29-,37+/m0/s1. The number of nitrogens with one attached hydrogen (secondary N) is 1. The highest BCUT2D eigenvalue weighted by Crippen LogP contribution is 2.58. The minimum absolute atomic E-state index is 0.0278. The normalized spacial score (nSPS) is 24.2. The minimum atomic E-state index is -3.89. The van der Waals surface area contributed by atoms with Crippen LogP contribution in [-0.2, 0) is 56.6 Å². The van der Waals surface area contributed by atoms with Crippen molar-refractivity contribution in [1.82, 2.24) is 19.4 Å². The Labute approximate surface area is 309 Å². The van der Waals surface area contributed by atoms with E-state index in [2.05, 4.69) is 11.3 Å². The van der Waals surface area contributed by atoms with E-state index in [0.29, 0.717) is 30.4 Å². The van der Waals surface area contributed by atoms with E-state index in [-0.39, 0.29) is 51.4 Å². The molecule has 290 valence electrons. The van der Waals surface area contributed by atoms with Crippen LogP contribution in [0.15, 0.2) is 30.9 Å². The molecule has 53 heavy (non-hydrogen) atoms. The summed E-state index contributed by atoms with van der Waals surface area (Å²) in [5.74, 6) is -5.08. The van der Waals surface area contributed by atoms with Crippen molar-refractivity contribution >= 4 is 45.6 Å². The van der Waals surface area contributed by atoms with Gasteiger partial charge in [-0.1, -0.05) is 32.1 Å². The van der Waals surface area contributed by atoms with E-state index in [0.717, 1.165) is 6.08 Å². The Morgan fingerprint density at radius 2 is 1.85 bits per heavy atom. The predicted molar refractivity (Wildman–Crippen MR) is 188 cm³/mol. The molecule has 4 amide bonds. The third-order valence-corrected chi connectivity index (χ3v) is 12.3. The van der Waals surface area contributed by atoms with Crippen molar-refractivity contribution in [3.63, 3.8) is 0 Å². The molecule has 1 saturated heterocycles. The van der Waals surface area contributed by atoms with Crippen LogP contribution in [0.4, 0.5) is 9.18 Å². The second-order valence-corrected chi connectivity index (χ2v) is 17.6. The van der Waals surface area contributed by atoms with Crippen LogP contribution in [0.1, 0.15) is 83.8 Å². The maximum atomic E-state index is 14.4. The van der Waals surface area contributed by atoms with Gasteiger partial charge in [0.05, 0.1) is 42.1 Å².